The molecular weight excluding hydrogens is 136 g/mol. The summed E-state index contributed by atoms with van der Waals surface area (Å²) in [6.45, 7) is 9.70. The molecule has 2 nitrogen and oxygen atoms in total. The van der Waals surface area contributed by atoms with Crippen LogP contribution in [0.5, 0.6) is 0 Å². The zero-order valence-electron chi connectivity index (χ0n) is 8.14. The summed E-state index contributed by atoms with van der Waals surface area (Å²) in [5, 5.41) is 0. The molecule has 0 spiro atoms. The maximum absolute atomic E-state index is 5.50. The highest BCUT2D eigenvalue weighted by Crippen LogP contribution is 1.99. The Labute approximate surface area is 70.8 Å². The van der Waals surface area contributed by atoms with E-state index in [0.717, 1.165) is 13.1 Å². The maximum atomic E-state index is 5.50. The second-order valence-electron chi connectivity index (χ2n) is 3.27. The highest BCUT2D eigenvalue weighted by Gasteiger charge is 2.05. The van der Waals surface area contributed by atoms with Gasteiger partial charge in [-0.3, -0.25) is 4.90 Å². The topological polar surface area (TPSA) is 29.3 Å². The van der Waals surface area contributed by atoms with E-state index in [4.69, 9.17) is 5.73 Å². The quantitative estimate of drug-likeness (QED) is 0.634. The number of hydrogen-bond acceptors (Lipinski definition) is 2. The van der Waals surface area contributed by atoms with E-state index in [1.807, 2.05) is 0 Å². The Morgan fingerprint density at radius 3 is 2.27 bits per heavy atom. The summed E-state index contributed by atoms with van der Waals surface area (Å²) in [5.41, 5.74) is 5.50. The second kappa shape index (κ2) is 6.62. The van der Waals surface area contributed by atoms with Crippen molar-refractivity contribution in [2.75, 3.05) is 19.6 Å². The maximum Gasteiger partial charge on any atom is 0.0107 e. The number of nitrogens with two attached hydrogens (primary N) is 1. The van der Waals surface area contributed by atoms with Gasteiger partial charge in [-0.25, -0.2) is 0 Å². The van der Waals surface area contributed by atoms with Crippen LogP contribution in [0.4, 0.5) is 0 Å². The van der Waals surface area contributed by atoms with E-state index < -0.39 is 0 Å². The van der Waals surface area contributed by atoms with Gasteiger partial charge in [0.2, 0.25) is 0 Å². The number of rotatable bonds is 6. The fourth-order valence-corrected chi connectivity index (χ4v) is 1.16. The third-order valence-electron chi connectivity index (χ3n) is 1.95. The Kier molecular flexibility index (Phi) is 6.57. The van der Waals surface area contributed by atoms with Crippen LogP contribution in [0.3, 0.4) is 0 Å². The van der Waals surface area contributed by atoms with Crippen LogP contribution in [0, 0.1) is 0 Å². The highest BCUT2D eigenvalue weighted by atomic mass is 15.1. The number of nitrogens with zero attached hydrogens (tertiary/aromatic N) is 1. The van der Waals surface area contributed by atoms with Crippen LogP contribution in [0.25, 0.3) is 0 Å². The van der Waals surface area contributed by atoms with Crippen LogP contribution in [0.1, 0.15) is 33.6 Å². The zero-order valence-corrected chi connectivity index (χ0v) is 8.14. The normalized spacial score (nSPS) is 11.5. The Morgan fingerprint density at radius 2 is 1.91 bits per heavy atom. The lowest BCUT2D eigenvalue weighted by Crippen LogP contribution is -2.35. The van der Waals surface area contributed by atoms with Gasteiger partial charge in [-0.1, -0.05) is 13.3 Å². The molecule has 0 saturated heterocycles. The third-order valence-corrected chi connectivity index (χ3v) is 1.95. The van der Waals surface area contributed by atoms with Crippen molar-refractivity contribution in [2.24, 2.45) is 5.73 Å². The first-order valence-corrected chi connectivity index (χ1v) is 4.66. The van der Waals surface area contributed by atoms with Gasteiger partial charge in [-0.15, -0.1) is 0 Å². The van der Waals surface area contributed by atoms with Crippen molar-refractivity contribution < 1.29 is 0 Å². The molecule has 0 aliphatic rings. The molecule has 0 radical (unpaired) electrons. The SMILES string of the molecule is CCCCN(CCN)C(C)C. The predicted octanol–water partition coefficient (Wildman–Crippen LogP) is 1.46. The van der Waals surface area contributed by atoms with Crippen molar-refractivity contribution in [2.45, 2.75) is 39.7 Å². The molecule has 0 aromatic rings. The van der Waals surface area contributed by atoms with Crippen LogP contribution in [0.15, 0.2) is 0 Å². The molecule has 0 rings (SSSR count). The first kappa shape index (κ1) is 10.9. The number of hydrogen-bond donors (Lipinski definition) is 1. The molecule has 0 aliphatic heterocycles. The van der Waals surface area contributed by atoms with Crippen molar-refractivity contribution in [3.05, 3.63) is 0 Å². The number of unbranched alkanes of at least 4 members (excludes halogenated alkanes) is 1. The fraction of sp³-hybridized carbons (Fsp3) is 1.00. The van der Waals surface area contributed by atoms with Gasteiger partial charge in [0, 0.05) is 19.1 Å². The van der Waals surface area contributed by atoms with E-state index in [2.05, 4.69) is 25.7 Å². The standard InChI is InChI=1S/C9H22N2/c1-4-5-7-11(8-6-10)9(2)3/h9H,4-8,10H2,1-3H3. The van der Waals surface area contributed by atoms with Gasteiger partial charge < -0.3 is 5.73 Å². The first-order valence-electron chi connectivity index (χ1n) is 4.66. The second-order valence-corrected chi connectivity index (χ2v) is 3.27. The average Bonchev–Trinajstić information content (AvgIpc) is 1.97. The molecule has 0 fully saturated rings. The van der Waals surface area contributed by atoms with Gasteiger partial charge in [0.15, 0.2) is 0 Å². The Balaban J connectivity index is 3.51. The van der Waals surface area contributed by atoms with Crippen molar-refractivity contribution in [1.29, 1.82) is 0 Å². The monoisotopic (exact) mass is 158 g/mol. The molecular formula is C9H22N2. The van der Waals surface area contributed by atoms with Crippen LogP contribution in [-0.4, -0.2) is 30.6 Å². The van der Waals surface area contributed by atoms with Crippen LogP contribution >= 0.6 is 0 Å². The first-order chi connectivity index (χ1) is 5.22. The summed E-state index contributed by atoms with van der Waals surface area (Å²) >= 11 is 0. The molecule has 0 heterocycles. The Hall–Kier alpha value is -0.0800. The van der Waals surface area contributed by atoms with E-state index in [1.165, 1.54) is 19.4 Å². The summed E-state index contributed by atoms with van der Waals surface area (Å²) < 4.78 is 0. The highest BCUT2D eigenvalue weighted by molar-refractivity contribution is 4.62. The molecule has 2 N–H and O–H groups in total. The van der Waals surface area contributed by atoms with Crippen molar-refractivity contribution in [1.82, 2.24) is 4.90 Å². The summed E-state index contributed by atoms with van der Waals surface area (Å²) in [7, 11) is 0. The van der Waals surface area contributed by atoms with Gasteiger partial charge in [0.05, 0.1) is 0 Å². The molecule has 0 bridgehead atoms. The van der Waals surface area contributed by atoms with Gasteiger partial charge in [-0.05, 0) is 26.8 Å². The van der Waals surface area contributed by atoms with Crippen LogP contribution < -0.4 is 5.73 Å². The zero-order chi connectivity index (χ0) is 8.69. The minimum atomic E-state index is 0.644. The summed E-state index contributed by atoms with van der Waals surface area (Å²) in [6, 6.07) is 0.644. The lowest BCUT2D eigenvalue weighted by molar-refractivity contribution is 0.224. The minimum absolute atomic E-state index is 0.644. The van der Waals surface area contributed by atoms with Crippen LogP contribution in [0.2, 0.25) is 0 Å². The van der Waals surface area contributed by atoms with E-state index in [1.54, 1.807) is 0 Å². The Morgan fingerprint density at radius 1 is 1.27 bits per heavy atom. The Bertz CT molecular complexity index is 81.6. The third kappa shape index (κ3) is 5.22. The summed E-state index contributed by atoms with van der Waals surface area (Å²) in [5.74, 6) is 0. The fourth-order valence-electron chi connectivity index (χ4n) is 1.16. The van der Waals surface area contributed by atoms with Crippen molar-refractivity contribution in [3.8, 4) is 0 Å². The molecule has 0 unspecified atom stereocenters. The molecule has 0 aromatic carbocycles. The van der Waals surface area contributed by atoms with Crippen molar-refractivity contribution >= 4 is 0 Å². The molecule has 68 valence electrons. The van der Waals surface area contributed by atoms with E-state index in [0.29, 0.717) is 6.04 Å². The van der Waals surface area contributed by atoms with Gasteiger partial charge in [0.25, 0.3) is 0 Å². The largest absolute Gasteiger partial charge is 0.329 e. The summed E-state index contributed by atoms with van der Waals surface area (Å²) in [4.78, 5) is 2.43. The van der Waals surface area contributed by atoms with E-state index in [-0.39, 0.29) is 0 Å². The average molecular weight is 158 g/mol. The van der Waals surface area contributed by atoms with Gasteiger partial charge in [0.1, 0.15) is 0 Å². The molecule has 0 amide bonds. The van der Waals surface area contributed by atoms with E-state index in [9.17, 15) is 0 Å². The molecule has 0 atom stereocenters. The van der Waals surface area contributed by atoms with Gasteiger partial charge in [-0.2, -0.15) is 0 Å². The molecule has 0 saturated carbocycles. The molecule has 2 heteroatoms. The molecule has 0 aromatic heterocycles. The summed E-state index contributed by atoms with van der Waals surface area (Å²) in [6.07, 6.45) is 2.56. The van der Waals surface area contributed by atoms with Gasteiger partial charge >= 0.3 is 0 Å². The minimum Gasteiger partial charge on any atom is -0.329 e. The molecule has 0 aliphatic carbocycles. The molecule has 11 heavy (non-hydrogen) atoms. The van der Waals surface area contributed by atoms with Crippen molar-refractivity contribution in [3.63, 3.8) is 0 Å². The van der Waals surface area contributed by atoms with Crippen LogP contribution in [-0.2, 0) is 0 Å². The smallest absolute Gasteiger partial charge is 0.0107 e. The lowest BCUT2D eigenvalue weighted by atomic mass is 10.2. The predicted molar refractivity (Wildman–Crippen MR) is 50.7 cm³/mol. The van der Waals surface area contributed by atoms with E-state index >= 15 is 0 Å². The lowest BCUT2D eigenvalue weighted by Gasteiger charge is -2.25.